The van der Waals surface area contributed by atoms with Crippen LogP contribution in [0.1, 0.15) is 33.6 Å². The summed E-state index contributed by atoms with van der Waals surface area (Å²) in [7, 11) is -2.74. The molecule has 0 aliphatic carbocycles. The number of halogens is 1. The first-order valence-electron chi connectivity index (χ1n) is 12.9. The van der Waals surface area contributed by atoms with Crippen LogP contribution in [0.25, 0.3) is 5.69 Å². The third-order valence-electron chi connectivity index (χ3n) is 6.76. The van der Waals surface area contributed by atoms with E-state index in [2.05, 4.69) is 47.1 Å². The minimum Gasteiger partial charge on any atom is -0.495 e. The van der Waals surface area contributed by atoms with E-state index in [1.807, 2.05) is 26.8 Å². The Hall–Kier alpha value is -4.08. The molecule has 0 radical (unpaired) electrons. The second-order valence-electron chi connectivity index (χ2n) is 9.89. The van der Waals surface area contributed by atoms with E-state index < -0.39 is 22.5 Å². The summed E-state index contributed by atoms with van der Waals surface area (Å²) in [6.45, 7) is 9.43. The summed E-state index contributed by atoms with van der Waals surface area (Å²) in [6, 6.07) is 19.2. The lowest BCUT2D eigenvalue weighted by atomic mass is 10.1. The lowest BCUT2D eigenvalue weighted by Crippen LogP contribution is -2.39. The van der Waals surface area contributed by atoms with Gasteiger partial charge in [0.2, 0.25) is 0 Å². The lowest BCUT2D eigenvalue weighted by Gasteiger charge is -2.25. The van der Waals surface area contributed by atoms with Crippen molar-refractivity contribution in [1.29, 1.82) is 0 Å². The van der Waals surface area contributed by atoms with Crippen molar-refractivity contribution in [3.05, 3.63) is 105 Å². The van der Waals surface area contributed by atoms with Crippen molar-refractivity contribution in [2.75, 3.05) is 18.0 Å². The van der Waals surface area contributed by atoms with Gasteiger partial charge in [-0.25, -0.2) is 13.8 Å². The molecule has 0 saturated carbocycles. The van der Waals surface area contributed by atoms with Crippen LogP contribution in [0, 0.1) is 34.6 Å². The summed E-state index contributed by atoms with van der Waals surface area (Å²) >= 11 is 6.21. The minimum absolute atomic E-state index is 0.0280. The molecule has 0 spiro atoms. The molecule has 1 N–H and O–H groups in total. The third-order valence-corrected chi connectivity index (χ3v) is 8.77. The van der Waals surface area contributed by atoms with Crippen molar-refractivity contribution in [2.45, 2.75) is 39.5 Å². The predicted molar refractivity (Wildman–Crippen MR) is 164 cm³/mol. The van der Waals surface area contributed by atoms with Gasteiger partial charge in [-0.15, -0.1) is 0 Å². The number of hydrazone groups is 1. The Balaban J connectivity index is 1.61. The summed E-state index contributed by atoms with van der Waals surface area (Å²) in [6.07, 6.45) is 1.55. The second-order valence-corrected chi connectivity index (χ2v) is 12.2. The number of nitrogens with zero attached hydrogens (tertiary/aromatic N) is 3. The van der Waals surface area contributed by atoms with Gasteiger partial charge in [-0.1, -0.05) is 47.0 Å². The number of hydrogen-bond acceptors (Lipinski definition) is 5. The number of carbonyl (C=O) groups excluding carboxylic acids is 1. The number of amides is 1. The normalized spacial score (nSPS) is 11.6. The highest BCUT2D eigenvalue weighted by atomic mass is 35.5. The predicted octanol–water partition coefficient (Wildman–Crippen LogP) is 6.03. The van der Waals surface area contributed by atoms with Crippen LogP contribution in [0.5, 0.6) is 5.75 Å². The van der Waals surface area contributed by atoms with Gasteiger partial charge >= 0.3 is 0 Å². The van der Waals surface area contributed by atoms with Gasteiger partial charge < -0.3 is 9.30 Å². The van der Waals surface area contributed by atoms with E-state index in [-0.39, 0.29) is 16.3 Å². The molecule has 1 amide bonds. The topological polar surface area (TPSA) is 93.0 Å². The van der Waals surface area contributed by atoms with Crippen molar-refractivity contribution < 1.29 is 17.9 Å². The molecule has 0 saturated heterocycles. The van der Waals surface area contributed by atoms with Crippen molar-refractivity contribution in [1.82, 2.24) is 9.99 Å². The fourth-order valence-corrected chi connectivity index (χ4v) is 6.27. The maximum Gasteiger partial charge on any atom is 0.264 e. The van der Waals surface area contributed by atoms with Crippen LogP contribution in [0.2, 0.25) is 5.02 Å². The van der Waals surface area contributed by atoms with Gasteiger partial charge in [0.05, 0.1) is 23.9 Å². The average molecular weight is 593 g/mol. The van der Waals surface area contributed by atoms with Gasteiger partial charge in [0.25, 0.3) is 15.9 Å². The van der Waals surface area contributed by atoms with Gasteiger partial charge in [0.1, 0.15) is 12.3 Å². The molecular formula is C31H33ClN4O4S. The van der Waals surface area contributed by atoms with Gasteiger partial charge in [0, 0.05) is 27.7 Å². The minimum atomic E-state index is -4.16. The summed E-state index contributed by atoms with van der Waals surface area (Å²) in [5.74, 6) is -0.387. The van der Waals surface area contributed by atoms with Crippen molar-refractivity contribution in [3.63, 3.8) is 0 Å². The van der Waals surface area contributed by atoms with E-state index in [0.29, 0.717) is 5.02 Å². The largest absolute Gasteiger partial charge is 0.495 e. The average Bonchev–Trinajstić information content (AvgIpc) is 3.20. The van der Waals surface area contributed by atoms with E-state index >= 15 is 0 Å². The monoisotopic (exact) mass is 592 g/mol. The molecule has 0 aliphatic heterocycles. The first-order valence-corrected chi connectivity index (χ1v) is 14.8. The van der Waals surface area contributed by atoms with Gasteiger partial charge in [-0.3, -0.25) is 9.10 Å². The number of aryl methyl sites for hydroxylation is 4. The first-order chi connectivity index (χ1) is 19.4. The number of hydrogen-bond donors (Lipinski definition) is 1. The first kappa shape index (κ1) is 29.9. The molecule has 10 heteroatoms. The molecule has 0 atom stereocenters. The fraction of sp³-hybridized carbons (Fsp3) is 0.226. The van der Waals surface area contributed by atoms with Crippen LogP contribution >= 0.6 is 11.6 Å². The molecule has 0 fully saturated rings. The molecule has 8 nitrogen and oxygen atoms in total. The number of ether oxygens (including phenoxy) is 1. The molecule has 0 aliphatic rings. The van der Waals surface area contributed by atoms with Crippen molar-refractivity contribution >= 4 is 39.4 Å². The summed E-state index contributed by atoms with van der Waals surface area (Å²) in [4.78, 5) is 13.1. The molecule has 1 aromatic heterocycles. The van der Waals surface area contributed by atoms with Gasteiger partial charge in [-0.2, -0.15) is 5.10 Å². The quantitative estimate of drug-likeness (QED) is 0.190. The second kappa shape index (κ2) is 12.2. The zero-order chi connectivity index (χ0) is 29.9. The highest BCUT2D eigenvalue weighted by molar-refractivity contribution is 7.92. The fourth-order valence-electron chi connectivity index (χ4n) is 4.68. The molecule has 0 bridgehead atoms. The van der Waals surface area contributed by atoms with Crippen molar-refractivity contribution in [3.8, 4) is 11.4 Å². The van der Waals surface area contributed by atoms with Gasteiger partial charge in [0.15, 0.2) is 0 Å². The molecule has 4 rings (SSSR count). The van der Waals surface area contributed by atoms with E-state index in [0.717, 1.165) is 38.1 Å². The van der Waals surface area contributed by atoms with Crippen LogP contribution in [-0.2, 0) is 14.8 Å². The number of rotatable bonds is 9. The third kappa shape index (κ3) is 6.47. The number of anilines is 1. The molecule has 3 aromatic carbocycles. The SMILES string of the molecule is COc1ccc(Cl)cc1N(CC(=O)N/N=C\c1cc(C)n(-c2ccc(C)cc2C)c1C)S(=O)(=O)c1ccc(C)cc1. The smallest absolute Gasteiger partial charge is 0.264 e. The summed E-state index contributed by atoms with van der Waals surface area (Å²) < 4.78 is 36.0. The number of nitrogens with one attached hydrogen (secondary N) is 1. The Labute approximate surface area is 246 Å². The van der Waals surface area contributed by atoms with Crippen LogP contribution in [-0.4, -0.2) is 38.8 Å². The number of benzene rings is 3. The molecule has 0 unspecified atom stereocenters. The van der Waals surface area contributed by atoms with E-state index in [9.17, 15) is 13.2 Å². The molecule has 4 aromatic rings. The van der Waals surface area contributed by atoms with Crippen LogP contribution in [0.3, 0.4) is 0 Å². The summed E-state index contributed by atoms with van der Waals surface area (Å²) in [5.41, 5.74) is 9.72. The Morgan fingerprint density at radius 1 is 0.976 bits per heavy atom. The van der Waals surface area contributed by atoms with E-state index in [1.165, 1.54) is 30.9 Å². The van der Waals surface area contributed by atoms with E-state index in [1.54, 1.807) is 30.5 Å². The zero-order valence-electron chi connectivity index (χ0n) is 23.9. The Morgan fingerprint density at radius 2 is 1.66 bits per heavy atom. The number of sulfonamides is 1. The number of carbonyl (C=O) groups is 1. The van der Waals surface area contributed by atoms with E-state index in [4.69, 9.17) is 16.3 Å². The standard InChI is InChI=1S/C31H33ClN4O4S/c1-20-7-11-27(12-8-20)41(38,39)35(29-17-26(32)10-14-30(29)40-6)19-31(37)34-33-18-25-16-23(4)36(24(25)5)28-13-9-21(2)15-22(28)3/h7-18H,19H2,1-6H3,(H,34,37)/b33-18-. The highest BCUT2D eigenvalue weighted by Crippen LogP contribution is 2.35. The molecular weight excluding hydrogens is 560 g/mol. The van der Waals surface area contributed by atoms with Crippen LogP contribution in [0.4, 0.5) is 5.69 Å². The van der Waals surface area contributed by atoms with Crippen molar-refractivity contribution in [2.24, 2.45) is 5.10 Å². The molecule has 214 valence electrons. The molecule has 1 heterocycles. The summed E-state index contributed by atoms with van der Waals surface area (Å²) in [5, 5.41) is 4.44. The highest BCUT2D eigenvalue weighted by Gasteiger charge is 2.29. The Morgan fingerprint density at radius 3 is 2.32 bits per heavy atom. The Kier molecular flexibility index (Phi) is 8.89. The number of aromatic nitrogens is 1. The Bertz CT molecular complexity index is 1730. The maximum atomic E-state index is 13.7. The van der Waals surface area contributed by atoms with Gasteiger partial charge in [-0.05, 0) is 82.6 Å². The lowest BCUT2D eigenvalue weighted by molar-refractivity contribution is -0.119. The maximum absolute atomic E-state index is 13.7. The van der Waals surface area contributed by atoms with Crippen LogP contribution in [0.15, 0.2) is 76.7 Å². The molecule has 41 heavy (non-hydrogen) atoms. The zero-order valence-corrected chi connectivity index (χ0v) is 25.5. The number of methoxy groups -OCH3 is 1. The van der Waals surface area contributed by atoms with Crippen LogP contribution < -0.4 is 14.5 Å².